The van der Waals surface area contributed by atoms with E-state index in [1.54, 1.807) is 11.9 Å². The third-order valence-electron chi connectivity index (χ3n) is 4.02. The van der Waals surface area contributed by atoms with Gasteiger partial charge in [-0.25, -0.2) is 0 Å². The summed E-state index contributed by atoms with van der Waals surface area (Å²) in [6.07, 6.45) is 1.15. The smallest absolute Gasteiger partial charge is 0.242 e. The van der Waals surface area contributed by atoms with Gasteiger partial charge in [0.25, 0.3) is 0 Å². The molecule has 0 radical (unpaired) electrons. The van der Waals surface area contributed by atoms with Gasteiger partial charge >= 0.3 is 0 Å². The molecule has 1 N–H and O–H groups in total. The standard InChI is InChI=1S/C17H25N3O2.ClH/c1-14-3-5-15(6-4-14)7-8-16(21)19(2)13-17(22)20-11-9-18-10-12-20;/h3-6,18H,7-13H2,1-2H3;1H. The highest BCUT2D eigenvalue weighted by Crippen LogP contribution is 2.07. The molecule has 0 spiro atoms. The first-order chi connectivity index (χ1) is 10.6. The van der Waals surface area contributed by atoms with Crippen LogP contribution in [0.2, 0.25) is 0 Å². The van der Waals surface area contributed by atoms with Crippen molar-refractivity contribution < 1.29 is 9.59 Å². The second kappa shape index (κ2) is 9.53. The van der Waals surface area contributed by atoms with Crippen LogP contribution in [-0.2, 0) is 16.0 Å². The maximum absolute atomic E-state index is 12.1. The van der Waals surface area contributed by atoms with Crippen LogP contribution in [-0.4, -0.2) is 61.4 Å². The first-order valence-corrected chi connectivity index (χ1v) is 7.84. The number of likely N-dealkylation sites (N-methyl/N-ethyl adjacent to an activating group) is 1. The molecule has 0 atom stereocenters. The lowest BCUT2D eigenvalue weighted by atomic mass is 10.1. The number of hydrogen-bond acceptors (Lipinski definition) is 3. The molecule has 6 heteroatoms. The zero-order valence-electron chi connectivity index (χ0n) is 13.9. The number of piperazine rings is 1. The average molecular weight is 340 g/mol. The summed E-state index contributed by atoms with van der Waals surface area (Å²) in [5.74, 6) is 0.0525. The van der Waals surface area contributed by atoms with E-state index in [-0.39, 0.29) is 30.8 Å². The summed E-state index contributed by atoms with van der Waals surface area (Å²) in [5, 5.41) is 3.21. The summed E-state index contributed by atoms with van der Waals surface area (Å²) in [5.41, 5.74) is 2.37. The number of halogens is 1. The van der Waals surface area contributed by atoms with Crippen molar-refractivity contribution in [2.24, 2.45) is 0 Å². The fraction of sp³-hybridized carbons (Fsp3) is 0.529. The van der Waals surface area contributed by atoms with E-state index in [0.29, 0.717) is 12.8 Å². The molecule has 1 aromatic carbocycles. The molecule has 0 saturated carbocycles. The monoisotopic (exact) mass is 339 g/mol. The highest BCUT2D eigenvalue weighted by Gasteiger charge is 2.19. The van der Waals surface area contributed by atoms with Gasteiger partial charge in [-0.2, -0.15) is 0 Å². The molecule has 23 heavy (non-hydrogen) atoms. The first-order valence-electron chi connectivity index (χ1n) is 7.84. The molecular formula is C17H26ClN3O2. The molecular weight excluding hydrogens is 314 g/mol. The Morgan fingerprint density at radius 2 is 1.78 bits per heavy atom. The lowest BCUT2D eigenvalue weighted by molar-refractivity contribution is -0.139. The van der Waals surface area contributed by atoms with E-state index in [0.717, 1.165) is 31.7 Å². The van der Waals surface area contributed by atoms with Crippen molar-refractivity contribution in [3.8, 4) is 0 Å². The highest BCUT2D eigenvalue weighted by molar-refractivity contribution is 5.85. The summed E-state index contributed by atoms with van der Waals surface area (Å²) in [7, 11) is 1.71. The van der Waals surface area contributed by atoms with Crippen molar-refractivity contribution in [1.29, 1.82) is 0 Å². The van der Waals surface area contributed by atoms with E-state index in [4.69, 9.17) is 0 Å². The van der Waals surface area contributed by atoms with Gasteiger partial charge in [-0.05, 0) is 18.9 Å². The zero-order chi connectivity index (χ0) is 15.9. The molecule has 1 fully saturated rings. The molecule has 1 aromatic rings. The topological polar surface area (TPSA) is 52.7 Å². The van der Waals surface area contributed by atoms with Gasteiger partial charge in [-0.3, -0.25) is 9.59 Å². The molecule has 5 nitrogen and oxygen atoms in total. The van der Waals surface area contributed by atoms with Crippen molar-refractivity contribution in [3.63, 3.8) is 0 Å². The molecule has 0 aliphatic carbocycles. The Labute approximate surface area is 144 Å². The van der Waals surface area contributed by atoms with Gasteiger partial charge in [0.05, 0.1) is 6.54 Å². The molecule has 0 unspecified atom stereocenters. The van der Waals surface area contributed by atoms with Gasteiger partial charge in [-0.15, -0.1) is 12.4 Å². The molecule has 2 amide bonds. The van der Waals surface area contributed by atoms with E-state index in [9.17, 15) is 9.59 Å². The molecule has 128 valence electrons. The average Bonchev–Trinajstić information content (AvgIpc) is 2.54. The lowest BCUT2D eigenvalue weighted by Crippen LogP contribution is -2.49. The summed E-state index contributed by atoms with van der Waals surface area (Å²) in [4.78, 5) is 27.6. The number of benzene rings is 1. The minimum atomic E-state index is 0. The van der Waals surface area contributed by atoms with E-state index < -0.39 is 0 Å². The molecule has 1 saturated heterocycles. The van der Waals surface area contributed by atoms with Crippen molar-refractivity contribution in [3.05, 3.63) is 35.4 Å². The molecule has 0 aromatic heterocycles. The van der Waals surface area contributed by atoms with Crippen LogP contribution in [0.25, 0.3) is 0 Å². The largest absolute Gasteiger partial charge is 0.339 e. The van der Waals surface area contributed by atoms with Crippen LogP contribution < -0.4 is 5.32 Å². The Morgan fingerprint density at radius 1 is 1.17 bits per heavy atom. The van der Waals surface area contributed by atoms with Crippen molar-refractivity contribution in [1.82, 2.24) is 15.1 Å². The number of aryl methyl sites for hydroxylation is 2. The minimum absolute atomic E-state index is 0. The fourth-order valence-electron chi connectivity index (χ4n) is 2.50. The van der Waals surface area contributed by atoms with Crippen molar-refractivity contribution in [2.45, 2.75) is 19.8 Å². The maximum atomic E-state index is 12.1. The van der Waals surface area contributed by atoms with Crippen LogP contribution in [0.4, 0.5) is 0 Å². The van der Waals surface area contributed by atoms with E-state index in [1.165, 1.54) is 5.56 Å². The lowest BCUT2D eigenvalue weighted by Gasteiger charge is -2.29. The van der Waals surface area contributed by atoms with E-state index in [2.05, 4.69) is 29.6 Å². The Morgan fingerprint density at radius 3 is 2.39 bits per heavy atom. The van der Waals surface area contributed by atoms with E-state index >= 15 is 0 Å². The maximum Gasteiger partial charge on any atom is 0.242 e. The normalized spacial score (nSPS) is 14.1. The van der Waals surface area contributed by atoms with E-state index in [1.807, 2.05) is 11.8 Å². The Balaban J connectivity index is 0.00000264. The zero-order valence-corrected chi connectivity index (χ0v) is 14.7. The van der Waals surface area contributed by atoms with Crippen LogP contribution in [0, 0.1) is 6.92 Å². The number of rotatable bonds is 5. The van der Waals surface area contributed by atoms with Crippen LogP contribution in [0.5, 0.6) is 0 Å². The molecule has 0 bridgehead atoms. The van der Waals surface area contributed by atoms with Crippen molar-refractivity contribution >= 4 is 24.2 Å². The van der Waals surface area contributed by atoms with Crippen molar-refractivity contribution in [2.75, 3.05) is 39.8 Å². The quantitative estimate of drug-likeness (QED) is 0.878. The molecule has 1 aliphatic rings. The number of hydrogen-bond donors (Lipinski definition) is 1. The van der Waals surface area contributed by atoms with Gasteiger partial charge in [0.1, 0.15) is 0 Å². The fourth-order valence-corrected chi connectivity index (χ4v) is 2.50. The van der Waals surface area contributed by atoms with Gasteiger partial charge in [0.15, 0.2) is 0 Å². The molecule has 1 heterocycles. The summed E-state index contributed by atoms with van der Waals surface area (Å²) < 4.78 is 0. The number of nitrogens with zero attached hydrogens (tertiary/aromatic N) is 2. The SMILES string of the molecule is Cc1ccc(CCC(=O)N(C)CC(=O)N2CCNCC2)cc1.Cl. The number of carbonyl (C=O) groups is 2. The summed E-state index contributed by atoms with van der Waals surface area (Å²) in [6.45, 7) is 5.33. The Kier molecular flexibility index (Phi) is 8.06. The van der Waals surface area contributed by atoms with Gasteiger partial charge in [-0.1, -0.05) is 29.8 Å². The third kappa shape index (κ3) is 6.20. The first kappa shape index (κ1) is 19.5. The number of carbonyl (C=O) groups excluding carboxylic acids is 2. The predicted octanol–water partition coefficient (Wildman–Crippen LogP) is 1.24. The van der Waals surface area contributed by atoms with Gasteiger partial charge in [0.2, 0.25) is 11.8 Å². The highest BCUT2D eigenvalue weighted by atomic mass is 35.5. The number of nitrogens with one attached hydrogen (secondary N) is 1. The Hall–Kier alpha value is -1.59. The van der Waals surface area contributed by atoms with Crippen LogP contribution in [0.1, 0.15) is 17.5 Å². The summed E-state index contributed by atoms with van der Waals surface area (Å²) >= 11 is 0. The van der Waals surface area contributed by atoms with Crippen LogP contribution in [0.15, 0.2) is 24.3 Å². The number of amides is 2. The Bertz CT molecular complexity index is 513. The predicted molar refractivity (Wildman–Crippen MR) is 93.8 cm³/mol. The minimum Gasteiger partial charge on any atom is -0.339 e. The van der Waals surface area contributed by atoms with Crippen LogP contribution in [0.3, 0.4) is 0 Å². The molecule has 2 rings (SSSR count). The second-order valence-electron chi connectivity index (χ2n) is 5.87. The molecule has 1 aliphatic heterocycles. The third-order valence-corrected chi connectivity index (χ3v) is 4.02. The second-order valence-corrected chi connectivity index (χ2v) is 5.87. The van der Waals surface area contributed by atoms with Gasteiger partial charge in [0, 0.05) is 39.6 Å². The van der Waals surface area contributed by atoms with Crippen LogP contribution >= 0.6 is 12.4 Å². The summed E-state index contributed by atoms with van der Waals surface area (Å²) in [6, 6.07) is 8.21. The van der Waals surface area contributed by atoms with Gasteiger partial charge < -0.3 is 15.1 Å².